The molecule has 0 saturated carbocycles. The van der Waals surface area contributed by atoms with Gasteiger partial charge in [0, 0.05) is 0 Å². The second kappa shape index (κ2) is 3.85. The smallest absolute Gasteiger partial charge is 0.387 e. The first-order valence-electron chi connectivity index (χ1n) is 3.59. The van der Waals surface area contributed by atoms with Crippen molar-refractivity contribution >= 4 is 0 Å². The number of rotatable bonds is 2. The van der Waals surface area contributed by atoms with E-state index in [-0.39, 0.29) is 5.75 Å². The van der Waals surface area contributed by atoms with Crippen LogP contribution in [0.15, 0.2) is 18.2 Å². The number of hydrogen-bond acceptors (Lipinski definition) is 2. The topological polar surface area (TPSA) is 33.0 Å². The summed E-state index contributed by atoms with van der Waals surface area (Å²) in [6, 6.07) is 6.25. The van der Waals surface area contributed by atoms with Gasteiger partial charge < -0.3 is 4.74 Å². The monoisotopic (exact) mass is 183 g/mol. The normalized spacial score (nSPS) is 9.77. The number of aryl methyl sites for hydroxylation is 1. The Morgan fingerprint density at radius 1 is 1.46 bits per heavy atom. The number of halogens is 2. The van der Waals surface area contributed by atoms with Crippen molar-refractivity contribution in [1.82, 2.24) is 0 Å². The standard InChI is InChI=1S/C9H7F2NO/c1-6-2-3-7(5-12)4-8(6)13-9(10)11/h2-4,9H,1H3. The lowest BCUT2D eigenvalue weighted by molar-refractivity contribution is -0.0502. The van der Waals surface area contributed by atoms with E-state index in [1.165, 1.54) is 6.07 Å². The summed E-state index contributed by atoms with van der Waals surface area (Å²) in [5.41, 5.74) is 0.889. The van der Waals surface area contributed by atoms with E-state index in [4.69, 9.17) is 5.26 Å². The van der Waals surface area contributed by atoms with Crippen LogP contribution >= 0.6 is 0 Å². The zero-order chi connectivity index (χ0) is 9.84. The highest BCUT2D eigenvalue weighted by Gasteiger charge is 2.07. The molecule has 0 saturated heterocycles. The summed E-state index contributed by atoms with van der Waals surface area (Å²) in [4.78, 5) is 0. The molecule has 0 spiro atoms. The van der Waals surface area contributed by atoms with E-state index in [9.17, 15) is 8.78 Å². The van der Waals surface area contributed by atoms with Crippen molar-refractivity contribution < 1.29 is 13.5 Å². The van der Waals surface area contributed by atoms with Gasteiger partial charge in [-0.25, -0.2) is 0 Å². The molecular weight excluding hydrogens is 176 g/mol. The summed E-state index contributed by atoms with van der Waals surface area (Å²) in [6.45, 7) is -1.22. The Morgan fingerprint density at radius 2 is 2.15 bits per heavy atom. The lowest BCUT2D eigenvalue weighted by atomic mass is 10.1. The van der Waals surface area contributed by atoms with Crippen molar-refractivity contribution in [2.75, 3.05) is 0 Å². The summed E-state index contributed by atoms with van der Waals surface area (Å²) in [5.74, 6) is 0.0500. The highest BCUT2D eigenvalue weighted by atomic mass is 19.3. The minimum Gasteiger partial charge on any atom is -0.435 e. The Bertz CT molecular complexity index is 344. The van der Waals surface area contributed by atoms with Crippen LogP contribution in [0.4, 0.5) is 8.78 Å². The van der Waals surface area contributed by atoms with Crippen LogP contribution in [-0.2, 0) is 0 Å². The quantitative estimate of drug-likeness (QED) is 0.705. The molecule has 4 heteroatoms. The van der Waals surface area contributed by atoms with Crippen LogP contribution in [0.25, 0.3) is 0 Å². The van der Waals surface area contributed by atoms with Gasteiger partial charge in [0.2, 0.25) is 0 Å². The Morgan fingerprint density at radius 3 is 2.69 bits per heavy atom. The summed E-state index contributed by atoms with van der Waals surface area (Å²) in [7, 11) is 0. The summed E-state index contributed by atoms with van der Waals surface area (Å²) in [5, 5.41) is 8.49. The molecule has 13 heavy (non-hydrogen) atoms. The molecule has 0 bridgehead atoms. The Balaban J connectivity index is 2.99. The molecule has 1 aromatic rings. The molecule has 1 rings (SSSR count). The summed E-state index contributed by atoms with van der Waals surface area (Å²) >= 11 is 0. The highest BCUT2D eigenvalue weighted by Crippen LogP contribution is 2.20. The van der Waals surface area contributed by atoms with Crippen LogP contribution in [0.1, 0.15) is 11.1 Å². The third-order valence-electron chi connectivity index (χ3n) is 1.53. The van der Waals surface area contributed by atoms with Gasteiger partial charge in [-0.2, -0.15) is 14.0 Å². The van der Waals surface area contributed by atoms with Crippen molar-refractivity contribution in [3.05, 3.63) is 29.3 Å². The SMILES string of the molecule is Cc1ccc(C#N)cc1OC(F)F. The fourth-order valence-corrected chi connectivity index (χ4v) is 0.893. The number of ether oxygens (including phenoxy) is 1. The molecule has 1 aromatic carbocycles. The first-order valence-corrected chi connectivity index (χ1v) is 3.59. The van der Waals surface area contributed by atoms with Crippen LogP contribution < -0.4 is 4.74 Å². The van der Waals surface area contributed by atoms with Crippen molar-refractivity contribution in [1.29, 1.82) is 5.26 Å². The molecule has 0 radical (unpaired) electrons. The Hall–Kier alpha value is -1.63. The van der Waals surface area contributed by atoms with Crippen molar-refractivity contribution in [2.45, 2.75) is 13.5 Å². The van der Waals surface area contributed by atoms with Gasteiger partial charge in [0.15, 0.2) is 0 Å². The second-order valence-corrected chi connectivity index (χ2v) is 2.47. The Kier molecular flexibility index (Phi) is 2.80. The minimum atomic E-state index is -2.85. The number of alkyl halides is 2. The molecule has 68 valence electrons. The molecule has 0 aliphatic heterocycles. The first kappa shape index (κ1) is 9.46. The predicted octanol–water partition coefficient (Wildman–Crippen LogP) is 2.47. The molecule has 0 atom stereocenters. The zero-order valence-electron chi connectivity index (χ0n) is 6.92. The molecule has 0 N–H and O–H groups in total. The minimum absolute atomic E-state index is 0.0500. The third kappa shape index (κ3) is 2.41. The Labute approximate surface area is 74.4 Å². The van der Waals surface area contributed by atoms with Gasteiger partial charge in [0.1, 0.15) is 5.75 Å². The number of nitriles is 1. The van der Waals surface area contributed by atoms with E-state index in [1.54, 1.807) is 19.1 Å². The van der Waals surface area contributed by atoms with Crippen LogP contribution in [0.5, 0.6) is 5.75 Å². The summed E-state index contributed by atoms with van der Waals surface area (Å²) in [6.07, 6.45) is 0. The second-order valence-electron chi connectivity index (χ2n) is 2.47. The first-order chi connectivity index (χ1) is 6.13. The van der Waals surface area contributed by atoms with Gasteiger partial charge in [-0.1, -0.05) is 6.07 Å². The maximum absolute atomic E-state index is 11.8. The highest BCUT2D eigenvalue weighted by molar-refractivity contribution is 5.41. The fourth-order valence-electron chi connectivity index (χ4n) is 0.893. The third-order valence-corrected chi connectivity index (χ3v) is 1.53. The number of hydrogen-bond donors (Lipinski definition) is 0. The summed E-state index contributed by atoms with van der Waals surface area (Å²) < 4.78 is 27.9. The molecular formula is C9H7F2NO. The number of nitrogens with zero attached hydrogens (tertiary/aromatic N) is 1. The van der Waals surface area contributed by atoms with E-state index in [0.29, 0.717) is 11.1 Å². The number of benzene rings is 1. The maximum atomic E-state index is 11.8. The van der Waals surface area contributed by atoms with Crippen LogP contribution in [-0.4, -0.2) is 6.61 Å². The molecule has 0 aromatic heterocycles. The molecule has 2 nitrogen and oxygen atoms in total. The molecule has 0 heterocycles. The van der Waals surface area contributed by atoms with Crippen molar-refractivity contribution in [3.8, 4) is 11.8 Å². The molecule has 0 unspecified atom stereocenters. The lowest BCUT2D eigenvalue weighted by Gasteiger charge is -2.07. The van der Waals surface area contributed by atoms with Crippen molar-refractivity contribution in [2.24, 2.45) is 0 Å². The van der Waals surface area contributed by atoms with E-state index in [0.717, 1.165) is 0 Å². The average molecular weight is 183 g/mol. The van der Waals surface area contributed by atoms with E-state index < -0.39 is 6.61 Å². The van der Waals surface area contributed by atoms with Gasteiger partial charge in [0.25, 0.3) is 0 Å². The largest absolute Gasteiger partial charge is 0.435 e. The van der Waals surface area contributed by atoms with Gasteiger partial charge in [-0.05, 0) is 24.6 Å². The van der Waals surface area contributed by atoms with Crippen LogP contribution in [0, 0.1) is 18.3 Å². The van der Waals surface area contributed by atoms with Crippen molar-refractivity contribution in [3.63, 3.8) is 0 Å². The average Bonchev–Trinajstić information content (AvgIpc) is 2.08. The van der Waals surface area contributed by atoms with E-state index in [2.05, 4.69) is 4.74 Å². The van der Waals surface area contributed by atoms with E-state index in [1.807, 2.05) is 6.07 Å². The maximum Gasteiger partial charge on any atom is 0.387 e. The predicted molar refractivity (Wildman–Crippen MR) is 42.5 cm³/mol. The van der Waals surface area contributed by atoms with Crippen LogP contribution in [0.2, 0.25) is 0 Å². The van der Waals surface area contributed by atoms with Crippen LogP contribution in [0.3, 0.4) is 0 Å². The van der Waals surface area contributed by atoms with Gasteiger partial charge in [-0.15, -0.1) is 0 Å². The van der Waals surface area contributed by atoms with Gasteiger partial charge in [-0.3, -0.25) is 0 Å². The lowest BCUT2D eigenvalue weighted by Crippen LogP contribution is -2.03. The zero-order valence-corrected chi connectivity index (χ0v) is 6.92. The molecule has 0 amide bonds. The van der Waals surface area contributed by atoms with Gasteiger partial charge >= 0.3 is 6.61 Å². The molecule has 0 aliphatic carbocycles. The fraction of sp³-hybridized carbons (Fsp3) is 0.222. The molecule has 0 aliphatic rings. The van der Waals surface area contributed by atoms with Gasteiger partial charge in [0.05, 0.1) is 11.6 Å². The van der Waals surface area contributed by atoms with E-state index >= 15 is 0 Å². The molecule has 0 fully saturated rings.